The number of ether oxygens (including phenoxy) is 1. The van der Waals surface area contributed by atoms with Crippen molar-refractivity contribution >= 4 is 44.9 Å². The van der Waals surface area contributed by atoms with E-state index in [1.54, 1.807) is 43.5 Å². The van der Waals surface area contributed by atoms with Gasteiger partial charge in [0.25, 0.3) is 0 Å². The number of halogens is 3. The van der Waals surface area contributed by atoms with Crippen molar-refractivity contribution in [2.24, 2.45) is 0 Å². The first-order valence-electron chi connectivity index (χ1n) is 5.82. The predicted molar refractivity (Wildman–Crippen MR) is 85.2 cm³/mol. The molecule has 104 valence electrons. The fourth-order valence-corrected chi connectivity index (χ4v) is 2.45. The lowest BCUT2D eigenvalue weighted by Gasteiger charge is -2.09. The van der Waals surface area contributed by atoms with Crippen LogP contribution in [0.2, 0.25) is 10.0 Å². The molecule has 0 aliphatic heterocycles. The van der Waals surface area contributed by atoms with Crippen molar-refractivity contribution in [2.45, 2.75) is 6.42 Å². The molecule has 0 saturated heterocycles. The molecule has 0 spiro atoms. The summed E-state index contributed by atoms with van der Waals surface area (Å²) in [5, 5.41) is 1.08. The van der Waals surface area contributed by atoms with Gasteiger partial charge in [0, 0.05) is 27.0 Å². The molecule has 0 fully saturated rings. The first-order chi connectivity index (χ1) is 9.51. The molecule has 2 rings (SSSR count). The van der Waals surface area contributed by atoms with E-state index in [1.807, 2.05) is 0 Å². The van der Waals surface area contributed by atoms with Crippen molar-refractivity contribution in [1.82, 2.24) is 0 Å². The van der Waals surface area contributed by atoms with Crippen LogP contribution in [-0.2, 0) is 6.42 Å². The zero-order chi connectivity index (χ0) is 14.7. The topological polar surface area (TPSA) is 26.3 Å². The summed E-state index contributed by atoms with van der Waals surface area (Å²) in [6.45, 7) is 0. The van der Waals surface area contributed by atoms with E-state index in [2.05, 4.69) is 15.9 Å². The lowest BCUT2D eigenvalue weighted by molar-refractivity contribution is 0.0992. The summed E-state index contributed by atoms with van der Waals surface area (Å²) in [6, 6.07) is 10.3. The van der Waals surface area contributed by atoms with E-state index < -0.39 is 0 Å². The summed E-state index contributed by atoms with van der Waals surface area (Å²) in [5.74, 6) is 0.603. The van der Waals surface area contributed by atoms with Crippen LogP contribution in [0, 0.1) is 0 Å². The molecule has 0 aliphatic rings. The number of Topliss-reactive ketones (excluding diaryl/α,β-unsaturated/α-hetero) is 1. The second kappa shape index (κ2) is 6.61. The smallest absolute Gasteiger partial charge is 0.167 e. The fraction of sp³-hybridized carbons (Fsp3) is 0.133. The van der Waals surface area contributed by atoms with Crippen LogP contribution < -0.4 is 4.74 Å². The van der Waals surface area contributed by atoms with Gasteiger partial charge >= 0.3 is 0 Å². The molecule has 5 heteroatoms. The van der Waals surface area contributed by atoms with Gasteiger partial charge in [-0.05, 0) is 46.3 Å². The van der Waals surface area contributed by atoms with Crippen LogP contribution in [0.4, 0.5) is 0 Å². The van der Waals surface area contributed by atoms with Crippen LogP contribution >= 0.6 is 39.1 Å². The minimum atomic E-state index is -0.0417. The number of rotatable bonds is 4. The molecule has 0 bridgehead atoms. The Bertz CT molecular complexity index is 656. The van der Waals surface area contributed by atoms with Gasteiger partial charge in [0.1, 0.15) is 5.75 Å². The van der Waals surface area contributed by atoms with Crippen LogP contribution in [0.5, 0.6) is 5.75 Å². The van der Waals surface area contributed by atoms with Crippen molar-refractivity contribution in [3.05, 3.63) is 62.0 Å². The maximum Gasteiger partial charge on any atom is 0.167 e. The monoisotopic (exact) mass is 372 g/mol. The Morgan fingerprint density at radius 3 is 2.60 bits per heavy atom. The summed E-state index contributed by atoms with van der Waals surface area (Å²) in [7, 11) is 1.56. The van der Waals surface area contributed by atoms with Crippen LogP contribution in [0.25, 0.3) is 0 Å². The summed E-state index contributed by atoms with van der Waals surface area (Å²) < 4.78 is 6.00. The maximum atomic E-state index is 12.3. The highest BCUT2D eigenvalue weighted by molar-refractivity contribution is 9.10. The fourth-order valence-electron chi connectivity index (χ4n) is 1.83. The quantitative estimate of drug-likeness (QED) is 0.689. The largest absolute Gasteiger partial charge is 0.496 e. The standard InChI is InChI=1S/C15H11BrCl2O2/c1-20-15-5-3-11(17)6-10(15)8-14(19)9-2-4-12(16)13(18)7-9/h2-7H,8H2,1H3. The van der Waals surface area contributed by atoms with Crippen molar-refractivity contribution in [3.8, 4) is 5.75 Å². The minimum Gasteiger partial charge on any atom is -0.496 e. The molecular formula is C15H11BrCl2O2. The SMILES string of the molecule is COc1ccc(Cl)cc1CC(=O)c1ccc(Br)c(Cl)c1. The number of benzene rings is 2. The van der Waals surface area contributed by atoms with Crippen molar-refractivity contribution in [2.75, 3.05) is 7.11 Å². The summed E-state index contributed by atoms with van der Waals surface area (Å²) in [5.41, 5.74) is 1.31. The van der Waals surface area contributed by atoms with E-state index in [4.69, 9.17) is 27.9 Å². The number of methoxy groups -OCH3 is 1. The summed E-state index contributed by atoms with van der Waals surface area (Å²) in [4.78, 5) is 12.3. The lowest BCUT2D eigenvalue weighted by Crippen LogP contribution is -2.05. The highest BCUT2D eigenvalue weighted by Gasteiger charge is 2.12. The molecule has 2 aromatic carbocycles. The molecule has 0 heterocycles. The Morgan fingerprint density at radius 2 is 1.95 bits per heavy atom. The van der Waals surface area contributed by atoms with Gasteiger partial charge in [-0.15, -0.1) is 0 Å². The molecular weight excluding hydrogens is 363 g/mol. The van der Waals surface area contributed by atoms with Gasteiger partial charge < -0.3 is 4.74 Å². The van der Waals surface area contributed by atoms with Crippen molar-refractivity contribution < 1.29 is 9.53 Å². The normalized spacial score (nSPS) is 10.4. The highest BCUT2D eigenvalue weighted by atomic mass is 79.9. The van der Waals surface area contributed by atoms with E-state index in [1.165, 1.54) is 0 Å². The molecule has 0 amide bonds. The molecule has 0 aliphatic carbocycles. The van der Waals surface area contributed by atoms with E-state index in [9.17, 15) is 4.79 Å². The third kappa shape index (κ3) is 3.54. The molecule has 0 aromatic heterocycles. The first-order valence-corrected chi connectivity index (χ1v) is 7.37. The highest BCUT2D eigenvalue weighted by Crippen LogP contribution is 2.26. The van der Waals surface area contributed by atoms with Crippen LogP contribution in [0.3, 0.4) is 0 Å². The van der Waals surface area contributed by atoms with E-state index in [0.717, 1.165) is 10.0 Å². The molecule has 0 radical (unpaired) electrons. The summed E-state index contributed by atoms with van der Waals surface area (Å²) in [6.07, 6.45) is 0.210. The summed E-state index contributed by atoms with van der Waals surface area (Å²) >= 11 is 15.3. The van der Waals surface area contributed by atoms with Gasteiger partial charge in [0.05, 0.1) is 12.1 Å². The molecule has 0 N–H and O–H groups in total. The Balaban J connectivity index is 2.27. The number of carbonyl (C=O) groups excluding carboxylic acids is 1. The third-order valence-electron chi connectivity index (χ3n) is 2.84. The third-order valence-corrected chi connectivity index (χ3v) is 4.30. The van der Waals surface area contributed by atoms with Gasteiger partial charge in [-0.1, -0.05) is 29.3 Å². The Morgan fingerprint density at radius 1 is 1.20 bits per heavy atom. The lowest BCUT2D eigenvalue weighted by atomic mass is 10.0. The van der Waals surface area contributed by atoms with Crippen molar-refractivity contribution in [3.63, 3.8) is 0 Å². The van der Waals surface area contributed by atoms with Crippen LogP contribution in [-0.4, -0.2) is 12.9 Å². The van der Waals surface area contributed by atoms with Crippen molar-refractivity contribution in [1.29, 1.82) is 0 Å². The van der Waals surface area contributed by atoms with Crippen LogP contribution in [0.1, 0.15) is 15.9 Å². The second-order valence-corrected chi connectivity index (χ2v) is 5.88. The Hall–Kier alpha value is -1.03. The van der Waals surface area contributed by atoms with E-state index in [0.29, 0.717) is 21.4 Å². The first kappa shape index (κ1) is 15.4. The molecule has 2 aromatic rings. The average molecular weight is 374 g/mol. The van der Waals surface area contributed by atoms with Gasteiger partial charge in [-0.2, -0.15) is 0 Å². The Labute approximate surface area is 135 Å². The van der Waals surface area contributed by atoms with Crippen LogP contribution in [0.15, 0.2) is 40.9 Å². The van der Waals surface area contributed by atoms with E-state index in [-0.39, 0.29) is 12.2 Å². The predicted octanol–water partition coefficient (Wildman–Crippen LogP) is 5.19. The zero-order valence-corrected chi connectivity index (χ0v) is 13.7. The number of carbonyl (C=O) groups is 1. The Kier molecular flexibility index (Phi) is 5.08. The number of hydrogen-bond donors (Lipinski definition) is 0. The van der Waals surface area contributed by atoms with E-state index >= 15 is 0 Å². The van der Waals surface area contributed by atoms with Gasteiger partial charge in [-0.25, -0.2) is 0 Å². The average Bonchev–Trinajstić information content (AvgIpc) is 2.42. The zero-order valence-electron chi connectivity index (χ0n) is 10.6. The number of hydrogen-bond acceptors (Lipinski definition) is 2. The van der Waals surface area contributed by atoms with Gasteiger partial charge in [0.2, 0.25) is 0 Å². The molecule has 0 unspecified atom stereocenters. The second-order valence-electron chi connectivity index (χ2n) is 4.19. The molecule has 0 atom stereocenters. The molecule has 0 saturated carbocycles. The minimum absolute atomic E-state index is 0.0417. The number of ketones is 1. The van der Waals surface area contributed by atoms with Gasteiger partial charge in [-0.3, -0.25) is 4.79 Å². The van der Waals surface area contributed by atoms with Gasteiger partial charge in [0.15, 0.2) is 5.78 Å². The molecule has 20 heavy (non-hydrogen) atoms. The molecule has 2 nitrogen and oxygen atoms in total. The maximum absolute atomic E-state index is 12.3.